The number of aromatic nitrogens is 2. The molecule has 0 aliphatic carbocycles. The monoisotopic (exact) mass is 319 g/mol. The average molecular weight is 319 g/mol. The summed E-state index contributed by atoms with van der Waals surface area (Å²) < 4.78 is 39.1. The van der Waals surface area contributed by atoms with E-state index in [9.17, 15) is 18.0 Å². The van der Waals surface area contributed by atoms with Gasteiger partial charge in [0, 0.05) is 11.8 Å². The minimum absolute atomic E-state index is 0.168. The first-order chi connectivity index (χ1) is 10.9. The van der Waals surface area contributed by atoms with Crippen molar-refractivity contribution in [2.24, 2.45) is 0 Å². The quantitative estimate of drug-likeness (QED) is 0.805. The third-order valence-electron chi connectivity index (χ3n) is 3.33. The van der Waals surface area contributed by atoms with Crippen LogP contribution in [0, 0.1) is 0 Å². The van der Waals surface area contributed by atoms with E-state index in [-0.39, 0.29) is 12.1 Å². The summed E-state index contributed by atoms with van der Waals surface area (Å²) in [4.78, 5) is 12.0. The molecule has 7 heteroatoms. The van der Waals surface area contributed by atoms with Gasteiger partial charge in [0.25, 0.3) is 5.91 Å². The molecule has 0 aliphatic heterocycles. The smallest absolute Gasteiger partial charge is 0.346 e. The molecular weight excluding hydrogens is 307 g/mol. The molecule has 0 atom stereocenters. The largest absolute Gasteiger partial charge is 0.416 e. The van der Waals surface area contributed by atoms with Crippen molar-refractivity contribution < 1.29 is 18.0 Å². The highest BCUT2D eigenvalue weighted by Gasteiger charge is 2.30. The highest BCUT2D eigenvalue weighted by Crippen LogP contribution is 2.29. The maximum Gasteiger partial charge on any atom is 0.416 e. The highest BCUT2D eigenvalue weighted by atomic mass is 19.4. The predicted molar refractivity (Wildman–Crippen MR) is 77.8 cm³/mol. The SMILES string of the molecule is O=C(NCc1cc2ccccn2n1)c1ccc(C(F)(F)F)cc1. The number of rotatable bonds is 3. The molecule has 0 bridgehead atoms. The van der Waals surface area contributed by atoms with E-state index in [1.165, 1.54) is 0 Å². The standard InChI is InChI=1S/C16H12F3N3O/c17-16(18,19)12-6-4-11(5-7-12)15(23)20-10-13-9-14-3-1-2-8-22(14)21-13/h1-9H,10H2,(H,20,23). The van der Waals surface area contributed by atoms with Crippen molar-refractivity contribution in [1.82, 2.24) is 14.9 Å². The summed E-state index contributed by atoms with van der Waals surface area (Å²) >= 11 is 0. The van der Waals surface area contributed by atoms with E-state index in [1.807, 2.05) is 24.3 Å². The van der Waals surface area contributed by atoms with Crippen LogP contribution in [0.2, 0.25) is 0 Å². The van der Waals surface area contributed by atoms with Crippen LogP contribution in [0.3, 0.4) is 0 Å². The number of fused-ring (bicyclic) bond motifs is 1. The van der Waals surface area contributed by atoms with Gasteiger partial charge in [-0.15, -0.1) is 0 Å². The highest BCUT2D eigenvalue weighted by molar-refractivity contribution is 5.94. The molecule has 0 aliphatic rings. The molecule has 1 N–H and O–H groups in total. The Morgan fingerprint density at radius 3 is 2.52 bits per heavy atom. The lowest BCUT2D eigenvalue weighted by molar-refractivity contribution is -0.137. The average Bonchev–Trinajstić information content (AvgIpc) is 2.95. The van der Waals surface area contributed by atoms with Gasteiger partial charge in [-0.2, -0.15) is 18.3 Å². The second-order valence-corrected chi connectivity index (χ2v) is 4.96. The number of hydrogen-bond donors (Lipinski definition) is 1. The van der Waals surface area contributed by atoms with Gasteiger partial charge >= 0.3 is 6.18 Å². The summed E-state index contributed by atoms with van der Waals surface area (Å²) in [7, 11) is 0. The molecule has 2 heterocycles. The van der Waals surface area contributed by atoms with Crippen LogP contribution < -0.4 is 5.32 Å². The minimum atomic E-state index is -4.41. The van der Waals surface area contributed by atoms with Gasteiger partial charge < -0.3 is 5.32 Å². The molecule has 3 aromatic rings. The van der Waals surface area contributed by atoms with E-state index < -0.39 is 17.6 Å². The summed E-state index contributed by atoms with van der Waals surface area (Å²) in [6.45, 7) is 0.196. The lowest BCUT2D eigenvalue weighted by atomic mass is 10.1. The van der Waals surface area contributed by atoms with Gasteiger partial charge in [-0.3, -0.25) is 4.79 Å². The van der Waals surface area contributed by atoms with Gasteiger partial charge in [0.05, 0.1) is 23.3 Å². The van der Waals surface area contributed by atoms with Crippen molar-refractivity contribution in [3.63, 3.8) is 0 Å². The number of alkyl halides is 3. The van der Waals surface area contributed by atoms with Crippen LogP contribution in [0.1, 0.15) is 21.6 Å². The Morgan fingerprint density at radius 1 is 1.13 bits per heavy atom. The van der Waals surface area contributed by atoms with E-state index in [1.54, 1.807) is 10.7 Å². The topological polar surface area (TPSA) is 46.4 Å². The van der Waals surface area contributed by atoms with Crippen LogP contribution in [0.25, 0.3) is 5.52 Å². The van der Waals surface area contributed by atoms with Crippen molar-refractivity contribution in [1.29, 1.82) is 0 Å². The molecule has 1 aromatic carbocycles. The summed E-state index contributed by atoms with van der Waals surface area (Å²) in [5, 5.41) is 6.92. The minimum Gasteiger partial charge on any atom is -0.346 e. The van der Waals surface area contributed by atoms with Gasteiger partial charge in [0.2, 0.25) is 0 Å². The van der Waals surface area contributed by atoms with Crippen molar-refractivity contribution >= 4 is 11.4 Å². The predicted octanol–water partition coefficient (Wildman–Crippen LogP) is 3.28. The second-order valence-electron chi connectivity index (χ2n) is 4.96. The third-order valence-corrected chi connectivity index (χ3v) is 3.33. The molecule has 2 aromatic heterocycles. The van der Waals surface area contributed by atoms with E-state index in [0.717, 1.165) is 29.8 Å². The first kappa shape index (κ1) is 15.1. The molecule has 0 spiro atoms. The maximum absolute atomic E-state index is 12.5. The number of hydrogen-bond acceptors (Lipinski definition) is 2. The summed E-state index contributed by atoms with van der Waals surface area (Å²) in [6.07, 6.45) is -2.62. The van der Waals surface area contributed by atoms with Crippen LogP contribution in [0.5, 0.6) is 0 Å². The summed E-state index contributed by atoms with van der Waals surface area (Å²) in [5.41, 5.74) is 0.943. The van der Waals surface area contributed by atoms with Gasteiger partial charge in [-0.05, 0) is 42.5 Å². The Bertz CT molecular complexity index is 805. The van der Waals surface area contributed by atoms with Crippen molar-refractivity contribution in [3.05, 3.63) is 71.5 Å². The molecule has 1 amide bonds. The number of pyridine rings is 1. The molecule has 0 unspecified atom stereocenters. The zero-order valence-electron chi connectivity index (χ0n) is 11.8. The third kappa shape index (κ3) is 3.33. The number of carbonyl (C=O) groups is 1. The molecule has 4 nitrogen and oxygen atoms in total. The van der Waals surface area contributed by atoms with E-state index >= 15 is 0 Å². The number of carbonyl (C=O) groups excluding carboxylic acids is 1. The molecule has 0 fully saturated rings. The summed E-state index contributed by atoms with van der Waals surface area (Å²) in [6, 6.07) is 11.5. The Hall–Kier alpha value is -2.83. The molecule has 0 saturated carbocycles. The Labute approximate surface area is 129 Å². The number of amides is 1. The fourth-order valence-corrected chi connectivity index (χ4v) is 2.16. The number of nitrogens with zero attached hydrogens (tertiary/aromatic N) is 2. The number of nitrogens with one attached hydrogen (secondary N) is 1. The van der Waals surface area contributed by atoms with Crippen molar-refractivity contribution in [3.8, 4) is 0 Å². The van der Waals surface area contributed by atoms with Crippen molar-refractivity contribution in [2.75, 3.05) is 0 Å². The fraction of sp³-hybridized carbons (Fsp3) is 0.125. The van der Waals surface area contributed by atoms with E-state index in [0.29, 0.717) is 5.69 Å². The number of halogens is 3. The van der Waals surface area contributed by atoms with E-state index in [2.05, 4.69) is 10.4 Å². The van der Waals surface area contributed by atoms with Gasteiger partial charge in [-0.1, -0.05) is 6.07 Å². The van der Waals surface area contributed by atoms with Crippen LogP contribution in [-0.2, 0) is 12.7 Å². The van der Waals surface area contributed by atoms with Crippen LogP contribution in [-0.4, -0.2) is 15.5 Å². The molecule has 0 radical (unpaired) electrons. The maximum atomic E-state index is 12.5. The molecule has 23 heavy (non-hydrogen) atoms. The van der Waals surface area contributed by atoms with Crippen LogP contribution in [0.15, 0.2) is 54.7 Å². The van der Waals surface area contributed by atoms with Gasteiger partial charge in [-0.25, -0.2) is 4.52 Å². The Morgan fingerprint density at radius 2 is 1.87 bits per heavy atom. The molecule has 118 valence electrons. The van der Waals surface area contributed by atoms with Crippen LogP contribution >= 0.6 is 0 Å². The lowest BCUT2D eigenvalue weighted by Gasteiger charge is -2.07. The lowest BCUT2D eigenvalue weighted by Crippen LogP contribution is -2.23. The fourth-order valence-electron chi connectivity index (χ4n) is 2.16. The van der Waals surface area contributed by atoms with Gasteiger partial charge in [0.1, 0.15) is 0 Å². The van der Waals surface area contributed by atoms with E-state index in [4.69, 9.17) is 0 Å². The van der Waals surface area contributed by atoms with Crippen LogP contribution in [0.4, 0.5) is 13.2 Å². The second kappa shape index (κ2) is 5.75. The zero-order valence-corrected chi connectivity index (χ0v) is 11.8. The number of benzene rings is 1. The Balaban J connectivity index is 1.67. The van der Waals surface area contributed by atoms with Crippen molar-refractivity contribution in [2.45, 2.75) is 12.7 Å². The molecule has 3 rings (SSSR count). The summed E-state index contributed by atoms with van der Waals surface area (Å²) in [5.74, 6) is -0.448. The van der Waals surface area contributed by atoms with Gasteiger partial charge in [0.15, 0.2) is 0 Å². The molecular formula is C16H12F3N3O. The zero-order chi connectivity index (χ0) is 16.4. The molecule has 0 saturated heterocycles. The first-order valence-corrected chi connectivity index (χ1v) is 6.82. The first-order valence-electron chi connectivity index (χ1n) is 6.82. The normalized spacial score (nSPS) is 11.6. The Kier molecular flexibility index (Phi) is 3.77.